The van der Waals surface area contributed by atoms with Crippen LogP contribution in [0.25, 0.3) is 5.69 Å². The molecule has 0 aliphatic rings. The van der Waals surface area contributed by atoms with Crippen LogP contribution in [0, 0.1) is 0 Å². The Morgan fingerprint density at radius 1 is 1.20 bits per heavy atom. The number of rotatable bonds is 7. The molecule has 2 atom stereocenters. The average molecular weight is 273 g/mol. The van der Waals surface area contributed by atoms with Gasteiger partial charge in [0.15, 0.2) is 0 Å². The molecule has 0 fully saturated rings. The monoisotopic (exact) mass is 273 g/mol. The van der Waals surface area contributed by atoms with Gasteiger partial charge in [0.25, 0.3) is 0 Å². The highest BCUT2D eigenvalue weighted by atomic mass is 16.5. The van der Waals surface area contributed by atoms with Gasteiger partial charge in [0, 0.05) is 37.5 Å². The lowest BCUT2D eigenvalue weighted by molar-refractivity contribution is 0.195. The molecule has 4 nitrogen and oxygen atoms in total. The van der Waals surface area contributed by atoms with Gasteiger partial charge in [0.1, 0.15) is 0 Å². The zero-order valence-corrected chi connectivity index (χ0v) is 12.4. The second-order valence-corrected chi connectivity index (χ2v) is 5.03. The highest BCUT2D eigenvalue weighted by Crippen LogP contribution is 2.21. The number of nitrogens with zero attached hydrogens (tertiary/aromatic N) is 2. The molecular weight excluding hydrogens is 250 g/mol. The molecule has 0 amide bonds. The van der Waals surface area contributed by atoms with Crippen LogP contribution < -0.4 is 5.32 Å². The van der Waals surface area contributed by atoms with Crippen LogP contribution in [0.15, 0.2) is 42.6 Å². The maximum atomic E-state index is 5.08. The van der Waals surface area contributed by atoms with Crippen molar-refractivity contribution in [3.8, 4) is 5.69 Å². The number of aromatic nitrogens is 2. The summed E-state index contributed by atoms with van der Waals surface area (Å²) in [6.45, 7) is 6.01. The van der Waals surface area contributed by atoms with E-state index in [0.29, 0.717) is 12.0 Å². The number of nitrogens with one attached hydrogen (secondary N) is 1. The van der Waals surface area contributed by atoms with Gasteiger partial charge in [0.2, 0.25) is 0 Å². The number of para-hydroxylation sites is 1. The van der Waals surface area contributed by atoms with Crippen LogP contribution in [-0.4, -0.2) is 36.1 Å². The maximum Gasteiger partial charge on any atom is 0.0648 e. The van der Waals surface area contributed by atoms with Crippen LogP contribution in [0.1, 0.15) is 25.5 Å². The normalized spacial score (nSPS) is 14.2. The Morgan fingerprint density at radius 2 is 1.95 bits per heavy atom. The fraction of sp³-hybridized carbons (Fsp3) is 0.438. The molecule has 0 aliphatic heterocycles. The summed E-state index contributed by atoms with van der Waals surface area (Å²) in [4.78, 5) is 0. The van der Waals surface area contributed by atoms with Crippen molar-refractivity contribution >= 4 is 0 Å². The molecule has 4 heteroatoms. The fourth-order valence-electron chi connectivity index (χ4n) is 2.26. The third kappa shape index (κ3) is 3.46. The van der Waals surface area contributed by atoms with Crippen molar-refractivity contribution in [2.75, 3.05) is 20.3 Å². The molecule has 1 heterocycles. The highest BCUT2D eigenvalue weighted by molar-refractivity contribution is 5.33. The van der Waals surface area contributed by atoms with Crippen LogP contribution in [0.4, 0.5) is 0 Å². The van der Waals surface area contributed by atoms with Gasteiger partial charge in [-0.15, -0.1) is 0 Å². The fourth-order valence-corrected chi connectivity index (χ4v) is 2.26. The van der Waals surface area contributed by atoms with Crippen molar-refractivity contribution in [1.82, 2.24) is 15.1 Å². The number of hydrogen-bond acceptors (Lipinski definition) is 3. The predicted molar refractivity (Wildman–Crippen MR) is 81.3 cm³/mol. The van der Waals surface area contributed by atoms with E-state index >= 15 is 0 Å². The van der Waals surface area contributed by atoms with E-state index in [-0.39, 0.29) is 0 Å². The van der Waals surface area contributed by atoms with Gasteiger partial charge in [-0.2, -0.15) is 5.10 Å². The van der Waals surface area contributed by atoms with Gasteiger partial charge in [-0.25, -0.2) is 4.68 Å². The van der Waals surface area contributed by atoms with Crippen molar-refractivity contribution in [2.24, 2.45) is 0 Å². The lowest BCUT2D eigenvalue weighted by Gasteiger charge is -2.22. The molecule has 2 rings (SSSR count). The van der Waals surface area contributed by atoms with E-state index in [1.54, 1.807) is 7.11 Å². The predicted octanol–water partition coefficient (Wildman–Crippen LogP) is 2.60. The number of benzene rings is 1. The van der Waals surface area contributed by atoms with Gasteiger partial charge in [-0.3, -0.25) is 0 Å². The largest absolute Gasteiger partial charge is 0.383 e. The first-order chi connectivity index (χ1) is 9.74. The average Bonchev–Trinajstić information content (AvgIpc) is 2.97. The van der Waals surface area contributed by atoms with Gasteiger partial charge >= 0.3 is 0 Å². The van der Waals surface area contributed by atoms with E-state index in [0.717, 1.165) is 18.8 Å². The molecule has 0 saturated heterocycles. The summed E-state index contributed by atoms with van der Waals surface area (Å²) >= 11 is 0. The zero-order valence-electron chi connectivity index (χ0n) is 12.4. The number of hydrogen-bond donors (Lipinski definition) is 1. The van der Waals surface area contributed by atoms with Crippen molar-refractivity contribution in [3.63, 3.8) is 0 Å². The van der Waals surface area contributed by atoms with Gasteiger partial charge < -0.3 is 10.1 Å². The second kappa shape index (κ2) is 7.22. The lowest BCUT2D eigenvalue weighted by atomic mass is 9.99. The van der Waals surface area contributed by atoms with Crippen LogP contribution in [0.2, 0.25) is 0 Å². The SMILES string of the molecule is COCCNC(C)C(C)c1ccnn1-c1ccccc1. The van der Waals surface area contributed by atoms with E-state index in [9.17, 15) is 0 Å². The molecule has 108 valence electrons. The third-order valence-corrected chi connectivity index (χ3v) is 3.66. The Hall–Kier alpha value is -1.65. The van der Waals surface area contributed by atoms with Crippen molar-refractivity contribution in [2.45, 2.75) is 25.8 Å². The first kappa shape index (κ1) is 14.8. The first-order valence-corrected chi connectivity index (χ1v) is 7.05. The van der Waals surface area contributed by atoms with E-state index < -0.39 is 0 Å². The summed E-state index contributed by atoms with van der Waals surface area (Å²) in [5, 5.41) is 7.93. The topological polar surface area (TPSA) is 39.1 Å². The van der Waals surface area contributed by atoms with Crippen LogP contribution >= 0.6 is 0 Å². The molecule has 0 bridgehead atoms. The Kier molecular flexibility index (Phi) is 5.32. The summed E-state index contributed by atoms with van der Waals surface area (Å²) in [6.07, 6.45) is 1.86. The number of methoxy groups -OCH3 is 1. The molecule has 2 unspecified atom stereocenters. The zero-order chi connectivity index (χ0) is 14.4. The quantitative estimate of drug-likeness (QED) is 0.788. The Labute approximate surface area is 120 Å². The summed E-state index contributed by atoms with van der Waals surface area (Å²) in [5.41, 5.74) is 2.32. The second-order valence-electron chi connectivity index (χ2n) is 5.03. The molecule has 1 aromatic heterocycles. The van der Waals surface area contributed by atoms with E-state index in [4.69, 9.17) is 4.74 Å². The van der Waals surface area contributed by atoms with Gasteiger partial charge in [-0.1, -0.05) is 25.1 Å². The molecule has 0 radical (unpaired) electrons. The van der Waals surface area contributed by atoms with Gasteiger partial charge in [0.05, 0.1) is 12.3 Å². The van der Waals surface area contributed by atoms with E-state index in [2.05, 4.69) is 42.5 Å². The Balaban J connectivity index is 2.11. The summed E-state index contributed by atoms with van der Waals surface area (Å²) < 4.78 is 7.09. The molecule has 20 heavy (non-hydrogen) atoms. The molecule has 2 aromatic rings. The van der Waals surface area contributed by atoms with Crippen molar-refractivity contribution in [1.29, 1.82) is 0 Å². The molecule has 1 aromatic carbocycles. The Morgan fingerprint density at radius 3 is 2.65 bits per heavy atom. The third-order valence-electron chi connectivity index (χ3n) is 3.66. The maximum absolute atomic E-state index is 5.08. The molecule has 0 spiro atoms. The minimum Gasteiger partial charge on any atom is -0.383 e. The standard InChI is InChI=1S/C16H23N3O/c1-13(14(2)17-11-12-20-3)16-9-10-18-19(16)15-7-5-4-6-8-15/h4-10,13-14,17H,11-12H2,1-3H3. The lowest BCUT2D eigenvalue weighted by Crippen LogP contribution is -2.34. The van der Waals surface area contributed by atoms with Crippen molar-refractivity contribution in [3.05, 3.63) is 48.3 Å². The Bertz CT molecular complexity index is 509. The smallest absolute Gasteiger partial charge is 0.0648 e. The minimum absolute atomic E-state index is 0.365. The highest BCUT2D eigenvalue weighted by Gasteiger charge is 2.18. The van der Waals surface area contributed by atoms with Crippen LogP contribution in [-0.2, 0) is 4.74 Å². The molecule has 0 saturated carbocycles. The van der Waals surface area contributed by atoms with Crippen LogP contribution in [0.5, 0.6) is 0 Å². The molecule has 0 aliphatic carbocycles. The first-order valence-electron chi connectivity index (χ1n) is 7.05. The van der Waals surface area contributed by atoms with Crippen molar-refractivity contribution < 1.29 is 4.74 Å². The van der Waals surface area contributed by atoms with Crippen LogP contribution in [0.3, 0.4) is 0 Å². The minimum atomic E-state index is 0.365. The van der Waals surface area contributed by atoms with Gasteiger partial charge in [-0.05, 0) is 25.1 Å². The van der Waals surface area contributed by atoms with E-state index in [1.807, 2.05) is 29.1 Å². The molecule has 1 N–H and O–H groups in total. The summed E-state index contributed by atoms with van der Waals surface area (Å²) in [7, 11) is 1.72. The number of ether oxygens (including phenoxy) is 1. The summed E-state index contributed by atoms with van der Waals surface area (Å²) in [6, 6.07) is 12.7. The van der Waals surface area contributed by atoms with E-state index in [1.165, 1.54) is 5.69 Å². The molecular formula is C16H23N3O. The summed E-state index contributed by atoms with van der Waals surface area (Å²) in [5.74, 6) is 0.370.